The van der Waals surface area contributed by atoms with Gasteiger partial charge in [-0.25, -0.2) is 4.39 Å². The standard InChI is InChI=1S/C26H26FN3O3/c1-3-32-12-13-33-21-7-8-22(23(27)15-21)26(31)29-24-9-6-20-14-19(16-28-25(20)18(24)2)17-30-10-4-5-11-30/h4-11,14-16H,3,12-13,17H2,1-2H3,(H,29,31). The molecule has 0 bridgehead atoms. The summed E-state index contributed by atoms with van der Waals surface area (Å²) in [6.07, 6.45) is 5.85. The number of nitrogens with zero attached hydrogens (tertiary/aromatic N) is 2. The van der Waals surface area contributed by atoms with Crippen molar-refractivity contribution in [2.24, 2.45) is 0 Å². The van der Waals surface area contributed by atoms with Gasteiger partial charge in [0.25, 0.3) is 5.91 Å². The van der Waals surface area contributed by atoms with Crippen LogP contribution >= 0.6 is 0 Å². The van der Waals surface area contributed by atoms with Crippen molar-refractivity contribution in [2.45, 2.75) is 20.4 Å². The fourth-order valence-corrected chi connectivity index (χ4v) is 3.62. The number of anilines is 1. The van der Waals surface area contributed by atoms with Gasteiger partial charge in [0, 0.05) is 48.9 Å². The lowest BCUT2D eigenvalue weighted by Crippen LogP contribution is -2.15. The van der Waals surface area contributed by atoms with Gasteiger partial charge in [0.15, 0.2) is 0 Å². The van der Waals surface area contributed by atoms with Crippen molar-refractivity contribution in [1.29, 1.82) is 0 Å². The summed E-state index contributed by atoms with van der Waals surface area (Å²) in [7, 11) is 0. The molecule has 0 fully saturated rings. The van der Waals surface area contributed by atoms with E-state index in [1.165, 1.54) is 12.1 Å². The monoisotopic (exact) mass is 447 g/mol. The molecule has 0 atom stereocenters. The summed E-state index contributed by atoms with van der Waals surface area (Å²) in [5.74, 6) is -0.821. The van der Waals surface area contributed by atoms with E-state index in [1.54, 1.807) is 6.07 Å². The van der Waals surface area contributed by atoms with Gasteiger partial charge in [-0.3, -0.25) is 9.78 Å². The summed E-state index contributed by atoms with van der Waals surface area (Å²) in [6.45, 7) is 5.84. The van der Waals surface area contributed by atoms with E-state index in [-0.39, 0.29) is 5.56 Å². The number of carbonyl (C=O) groups excluding carboxylic acids is 1. The van der Waals surface area contributed by atoms with E-state index in [9.17, 15) is 9.18 Å². The number of fused-ring (bicyclic) bond motifs is 1. The second kappa shape index (κ2) is 10.3. The number of nitrogens with one attached hydrogen (secondary N) is 1. The van der Waals surface area contributed by atoms with Gasteiger partial charge in [0.05, 0.1) is 17.7 Å². The fourth-order valence-electron chi connectivity index (χ4n) is 3.62. The van der Waals surface area contributed by atoms with E-state index in [4.69, 9.17) is 9.47 Å². The second-order valence-electron chi connectivity index (χ2n) is 7.65. The molecule has 2 aromatic heterocycles. The SMILES string of the molecule is CCOCCOc1ccc(C(=O)Nc2ccc3cc(Cn4cccc4)cnc3c2C)c(F)c1. The minimum absolute atomic E-state index is 0.0540. The van der Waals surface area contributed by atoms with Crippen molar-refractivity contribution in [3.63, 3.8) is 0 Å². The predicted octanol–water partition coefficient (Wildman–Crippen LogP) is 5.20. The van der Waals surface area contributed by atoms with E-state index in [0.29, 0.717) is 31.3 Å². The van der Waals surface area contributed by atoms with Crippen molar-refractivity contribution in [3.05, 3.63) is 89.6 Å². The molecule has 6 nitrogen and oxygen atoms in total. The molecular formula is C26H26FN3O3. The van der Waals surface area contributed by atoms with E-state index >= 15 is 0 Å². The van der Waals surface area contributed by atoms with Crippen molar-refractivity contribution in [3.8, 4) is 5.75 Å². The molecule has 33 heavy (non-hydrogen) atoms. The third-order valence-corrected chi connectivity index (χ3v) is 5.33. The van der Waals surface area contributed by atoms with E-state index in [1.807, 2.05) is 56.7 Å². The van der Waals surface area contributed by atoms with Gasteiger partial charge in [0.2, 0.25) is 0 Å². The molecule has 0 aliphatic heterocycles. The second-order valence-corrected chi connectivity index (χ2v) is 7.65. The molecule has 2 heterocycles. The molecular weight excluding hydrogens is 421 g/mol. The zero-order valence-electron chi connectivity index (χ0n) is 18.7. The normalized spacial score (nSPS) is 11.0. The van der Waals surface area contributed by atoms with E-state index in [2.05, 4.69) is 20.9 Å². The molecule has 0 saturated carbocycles. The zero-order chi connectivity index (χ0) is 23.2. The molecule has 0 unspecified atom stereocenters. The van der Waals surface area contributed by atoms with Crippen molar-refractivity contribution in [1.82, 2.24) is 9.55 Å². The van der Waals surface area contributed by atoms with Crippen LogP contribution in [0, 0.1) is 12.7 Å². The number of hydrogen-bond acceptors (Lipinski definition) is 4. The van der Waals surface area contributed by atoms with Crippen molar-refractivity contribution < 1.29 is 18.7 Å². The third kappa shape index (κ3) is 5.38. The molecule has 1 amide bonds. The number of halogens is 1. The van der Waals surface area contributed by atoms with Crippen LogP contribution < -0.4 is 10.1 Å². The maximum atomic E-state index is 14.5. The van der Waals surface area contributed by atoms with Gasteiger partial charge in [-0.1, -0.05) is 6.07 Å². The lowest BCUT2D eigenvalue weighted by atomic mass is 10.1. The summed E-state index contributed by atoms with van der Waals surface area (Å²) in [6, 6.07) is 14.0. The van der Waals surface area contributed by atoms with Gasteiger partial charge in [0.1, 0.15) is 18.2 Å². The number of hydrogen-bond donors (Lipinski definition) is 1. The topological polar surface area (TPSA) is 65.4 Å². The van der Waals surface area contributed by atoms with E-state index < -0.39 is 11.7 Å². The van der Waals surface area contributed by atoms with Crippen LogP contribution in [0.2, 0.25) is 0 Å². The molecule has 4 rings (SSSR count). The number of rotatable bonds is 9. The number of ether oxygens (including phenoxy) is 2. The molecule has 7 heteroatoms. The third-order valence-electron chi connectivity index (χ3n) is 5.33. The first-order valence-corrected chi connectivity index (χ1v) is 10.9. The molecule has 170 valence electrons. The van der Waals surface area contributed by atoms with E-state index in [0.717, 1.165) is 28.6 Å². The van der Waals surface area contributed by atoms with Crippen LogP contribution in [0.1, 0.15) is 28.4 Å². The van der Waals surface area contributed by atoms with Gasteiger partial charge in [-0.15, -0.1) is 0 Å². The van der Waals surface area contributed by atoms with Crippen LogP contribution in [0.3, 0.4) is 0 Å². The van der Waals surface area contributed by atoms with Gasteiger partial charge < -0.3 is 19.4 Å². The zero-order valence-corrected chi connectivity index (χ0v) is 18.7. The summed E-state index contributed by atoms with van der Waals surface area (Å²) in [5.41, 5.74) is 3.24. The predicted molar refractivity (Wildman–Crippen MR) is 126 cm³/mol. The fraction of sp³-hybridized carbons (Fsp3) is 0.231. The average Bonchev–Trinajstić information content (AvgIpc) is 3.32. The highest BCUT2D eigenvalue weighted by molar-refractivity contribution is 6.06. The van der Waals surface area contributed by atoms with Crippen LogP contribution in [0.25, 0.3) is 10.9 Å². The number of carbonyl (C=O) groups is 1. The number of pyridine rings is 1. The Morgan fingerprint density at radius 2 is 1.94 bits per heavy atom. The minimum atomic E-state index is -0.646. The number of aromatic nitrogens is 2. The summed E-state index contributed by atoms with van der Waals surface area (Å²) in [5, 5.41) is 3.79. The summed E-state index contributed by atoms with van der Waals surface area (Å²) < 4.78 is 27.3. The van der Waals surface area contributed by atoms with Crippen LogP contribution in [0.5, 0.6) is 5.75 Å². The molecule has 0 radical (unpaired) electrons. The summed E-state index contributed by atoms with van der Waals surface area (Å²) in [4.78, 5) is 17.3. The van der Waals surface area contributed by atoms with Crippen LogP contribution in [-0.2, 0) is 11.3 Å². The Hall–Kier alpha value is -3.71. The average molecular weight is 448 g/mol. The highest BCUT2D eigenvalue weighted by atomic mass is 19.1. The van der Waals surface area contributed by atoms with Crippen molar-refractivity contribution in [2.75, 3.05) is 25.1 Å². The Morgan fingerprint density at radius 1 is 1.12 bits per heavy atom. The maximum absolute atomic E-state index is 14.5. The molecule has 0 aliphatic carbocycles. The van der Waals surface area contributed by atoms with Crippen LogP contribution in [-0.4, -0.2) is 35.3 Å². The number of benzene rings is 2. The largest absolute Gasteiger partial charge is 0.491 e. The smallest absolute Gasteiger partial charge is 0.258 e. The highest BCUT2D eigenvalue weighted by Gasteiger charge is 2.15. The first-order chi connectivity index (χ1) is 16.0. The Bertz CT molecular complexity index is 1260. The Labute approximate surface area is 192 Å². The van der Waals surface area contributed by atoms with Gasteiger partial charge in [-0.05, 0) is 61.4 Å². The minimum Gasteiger partial charge on any atom is -0.491 e. The molecule has 0 spiro atoms. The maximum Gasteiger partial charge on any atom is 0.258 e. The van der Waals surface area contributed by atoms with Crippen molar-refractivity contribution >= 4 is 22.5 Å². The number of aryl methyl sites for hydroxylation is 1. The molecule has 0 saturated heterocycles. The number of amides is 1. The Balaban J connectivity index is 1.47. The molecule has 4 aromatic rings. The first kappa shape index (κ1) is 22.5. The molecule has 2 aromatic carbocycles. The van der Waals surface area contributed by atoms with Gasteiger partial charge >= 0.3 is 0 Å². The lowest BCUT2D eigenvalue weighted by Gasteiger charge is -2.13. The van der Waals surface area contributed by atoms with Crippen LogP contribution in [0.15, 0.2) is 67.1 Å². The Kier molecular flexibility index (Phi) is 7.00. The Morgan fingerprint density at radius 3 is 2.70 bits per heavy atom. The lowest BCUT2D eigenvalue weighted by molar-refractivity contribution is 0.102. The molecule has 1 N–H and O–H groups in total. The quantitative estimate of drug-likeness (QED) is 0.358. The highest BCUT2D eigenvalue weighted by Crippen LogP contribution is 2.26. The first-order valence-electron chi connectivity index (χ1n) is 10.9. The summed E-state index contributed by atoms with van der Waals surface area (Å²) >= 11 is 0. The van der Waals surface area contributed by atoms with Crippen LogP contribution in [0.4, 0.5) is 10.1 Å². The van der Waals surface area contributed by atoms with Gasteiger partial charge in [-0.2, -0.15) is 0 Å². The molecule has 0 aliphatic rings.